The standard InChI is InChI=1S/C14H11ClF4N2/c15-9-3-7(1-2-10(9)16)4-13(21-20)8-5-11(17)14(19)12(18)6-8/h1-3,5-6,13,21H,4,20H2. The van der Waals surface area contributed by atoms with Crippen LogP contribution in [0.5, 0.6) is 0 Å². The van der Waals surface area contributed by atoms with Crippen molar-refractivity contribution in [3.8, 4) is 0 Å². The zero-order valence-corrected chi connectivity index (χ0v) is 11.4. The van der Waals surface area contributed by atoms with Crippen molar-refractivity contribution in [2.75, 3.05) is 0 Å². The summed E-state index contributed by atoms with van der Waals surface area (Å²) in [4.78, 5) is 0. The van der Waals surface area contributed by atoms with Crippen molar-refractivity contribution in [2.24, 2.45) is 5.84 Å². The highest BCUT2D eigenvalue weighted by Crippen LogP contribution is 2.24. The molecule has 0 aliphatic heterocycles. The van der Waals surface area contributed by atoms with E-state index in [4.69, 9.17) is 17.4 Å². The van der Waals surface area contributed by atoms with E-state index in [0.29, 0.717) is 5.56 Å². The first-order chi connectivity index (χ1) is 9.92. The van der Waals surface area contributed by atoms with E-state index in [-0.39, 0.29) is 17.0 Å². The molecule has 0 bridgehead atoms. The molecule has 0 spiro atoms. The Balaban J connectivity index is 2.29. The predicted octanol–water partition coefficient (Wildman–Crippen LogP) is 3.64. The quantitative estimate of drug-likeness (QED) is 0.391. The fraction of sp³-hybridized carbons (Fsp3) is 0.143. The van der Waals surface area contributed by atoms with E-state index < -0.39 is 29.3 Å². The van der Waals surface area contributed by atoms with Crippen LogP contribution in [-0.2, 0) is 6.42 Å². The highest BCUT2D eigenvalue weighted by molar-refractivity contribution is 6.30. The van der Waals surface area contributed by atoms with Gasteiger partial charge < -0.3 is 0 Å². The second-order valence-electron chi connectivity index (χ2n) is 4.47. The Labute approximate surface area is 123 Å². The Morgan fingerprint density at radius 2 is 1.62 bits per heavy atom. The number of benzene rings is 2. The van der Waals surface area contributed by atoms with Gasteiger partial charge in [0.1, 0.15) is 5.82 Å². The van der Waals surface area contributed by atoms with Crippen LogP contribution in [0.25, 0.3) is 0 Å². The summed E-state index contributed by atoms with van der Waals surface area (Å²) in [6, 6.07) is 5.06. The normalized spacial score (nSPS) is 12.5. The summed E-state index contributed by atoms with van der Waals surface area (Å²) in [6.07, 6.45) is 0.195. The van der Waals surface area contributed by atoms with Crippen LogP contribution in [0.1, 0.15) is 17.2 Å². The molecule has 0 aliphatic rings. The molecular formula is C14H11ClF4N2. The Morgan fingerprint density at radius 3 is 2.14 bits per heavy atom. The third kappa shape index (κ3) is 3.53. The summed E-state index contributed by atoms with van der Waals surface area (Å²) in [7, 11) is 0. The summed E-state index contributed by atoms with van der Waals surface area (Å²) in [5.41, 5.74) is 3.12. The zero-order chi connectivity index (χ0) is 15.6. The van der Waals surface area contributed by atoms with Crippen molar-refractivity contribution in [3.63, 3.8) is 0 Å². The average Bonchev–Trinajstić information content (AvgIpc) is 2.45. The molecule has 0 saturated carbocycles. The molecule has 0 aliphatic carbocycles. The van der Waals surface area contributed by atoms with Gasteiger partial charge in [0.25, 0.3) is 0 Å². The first-order valence-corrected chi connectivity index (χ1v) is 6.34. The minimum Gasteiger partial charge on any atom is -0.271 e. The van der Waals surface area contributed by atoms with Crippen molar-refractivity contribution in [1.82, 2.24) is 5.43 Å². The van der Waals surface area contributed by atoms with Crippen molar-refractivity contribution in [1.29, 1.82) is 0 Å². The minimum absolute atomic E-state index is 0.0697. The average molecular weight is 319 g/mol. The molecule has 7 heteroatoms. The van der Waals surface area contributed by atoms with Gasteiger partial charge in [-0.25, -0.2) is 17.6 Å². The van der Waals surface area contributed by atoms with E-state index in [0.717, 1.165) is 12.1 Å². The van der Waals surface area contributed by atoms with Gasteiger partial charge in [-0.1, -0.05) is 17.7 Å². The van der Waals surface area contributed by atoms with E-state index in [1.165, 1.54) is 18.2 Å². The zero-order valence-electron chi connectivity index (χ0n) is 10.6. The van der Waals surface area contributed by atoms with Gasteiger partial charge in [-0.15, -0.1) is 0 Å². The van der Waals surface area contributed by atoms with Gasteiger partial charge in [0, 0.05) is 0 Å². The van der Waals surface area contributed by atoms with E-state index in [2.05, 4.69) is 5.43 Å². The summed E-state index contributed by atoms with van der Waals surface area (Å²) in [5, 5.41) is -0.0697. The number of hydrazine groups is 1. The molecule has 0 radical (unpaired) electrons. The maximum atomic E-state index is 13.2. The lowest BCUT2D eigenvalue weighted by Crippen LogP contribution is -2.30. The monoisotopic (exact) mass is 318 g/mol. The summed E-state index contributed by atoms with van der Waals surface area (Å²) >= 11 is 5.66. The molecular weight excluding hydrogens is 308 g/mol. The number of halogens is 5. The minimum atomic E-state index is -1.54. The molecule has 0 fully saturated rings. The summed E-state index contributed by atoms with van der Waals surface area (Å²) in [6.45, 7) is 0. The fourth-order valence-electron chi connectivity index (χ4n) is 1.95. The van der Waals surface area contributed by atoms with Crippen LogP contribution in [0.4, 0.5) is 17.6 Å². The first kappa shape index (κ1) is 15.8. The number of hydrogen-bond acceptors (Lipinski definition) is 2. The molecule has 2 rings (SSSR count). The van der Waals surface area contributed by atoms with Gasteiger partial charge in [-0.2, -0.15) is 0 Å². The lowest BCUT2D eigenvalue weighted by atomic mass is 9.99. The topological polar surface area (TPSA) is 38.0 Å². The molecule has 112 valence electrons. The van der Waals surface area contributed by atoms with E-state index in [9.17, 15) is 17.6 Å². The van der Waals surface area contributed by atoms with Crippen LogP contribution in [0.3, 0.4) is 0 Å². The van der Waals surface area contributed by atoms with Gasteiger partial charge in [0.2, 0.25) is 0 Å². The first-order valence-electron chi connectivity index (χ1n) is 5.97. The van der Waals surface area contributed by atoms with Crippen LogP contribution < -0.4 is 11.3 Å². The molecule has 0 saturated heterocycles. The molecule has 0 heterocycles. The third-order valence-corrected chi connectivity index (χ3v) is 3.32. The van der Waals surface area contributed by atoms with Crippen LogP contribution >= 0.6 is 11.6 Å². The molecule has 2 aromatic rings. The smallest absolute Gasteiger partial charge is 0.194 e. The van der Waals surface area contributed by atoms with Crippen molar-refractivity contribution >= 4 is 11.6 Å². The molecule has 1 unspecified atom stereocenters. The molecule has 1 atom stereocenters. The molecule has 21 heavy (non-hydrogen) atoms. The SMILES string of the molecule is NNC(Cc1ccc(F)c(Cl)c1)c1cc(F)c(F)c(F)c1. The molecule has 2 nitrogen and oxygen atoms in total. The summed E-state index contributed by atoms with van der Waals surface area (Å²) in [5.74, 6) is 0.641. The van der Waals surface area contributed by atoms with E-state index in [1.54, 1.807) is 0 Å². The van der Waals surface area contributed by atoms with E-state index >= 15 is 0 Å². The lowest BCUT2D eigenvalue weighted by Gasteiger charge is -2.17. The van der Waals surface area contributed by atoms with Crippen molar-refractivity contribution in [3.05, 3.63) is 69.8 Å². The number of rotatable bonds is 4. The Kier molecular flexibility index (Phi) is 4.82. The number of nitrogens with one attached hydrogen (secondary N) is 1. The number of hydrogen-bond donors (Lipinski definition) is 2. The van der Waals surface area contributed by atoms with Gasteiger partial charge >= 0.3 is 0 Å². The van der Waals surface area contributed by atoms with E-state index in [1.807, 2.05) is 0 Å². The van der Waals surface area contributed by atoms with Gasteiger partial charge in [0.05, 0.1) is 11.1 Å². The summed E-state index contributed by atoms with van der Waals surface area (Å²) < 4.78 is 52.5. The maximum Gasteiger partial charge on any atom is 0.194 e. The largest absolute Gasteiger partial charge is 0.271 e. The maximum absolute atomic E-state index is 13.2. The third-order valence-electron chi connectivity index (χ3n) is 3.03. The molecule has 0 amide bonds. The van der Waals surface area contributed by atoms with Crippen LogP contribution in [0.2, 0.25) is 5.02 Å². The van der Waals surface area contributed by atoms with Crippen LogP contribution in [0, 0.1) is 23.3 Å². The molecule has 2 aromatic carbocycles. The van der Waals surface area contributed by atoms with Crippen molar-refractivity contribution in [2.45, 2.75) is 12.5 Å². The van der Waals surface area contributed by atoms with Gasteiger partial charge in [-0.3, -0.25) is 11.3 Å². The fourth-order valence-corrected chi connectivity index (χ4v) is 2.15. The molecule has 3 N–H and O–H groups in total. The molecule has 0 aromatic heterocycles. The second-order valence-corrected chi connectivity index (χ2v) is 4.88. The Hall–Kier alpha value is -1.63. The second kappa shape index (κ2) is 6.43. The highest BCUT2D eigenvalue weighted by Gasteiger charge is 2.17. The number of nitrogens with two attached hydrogens (primary N) is 1. The highest BCUT2D eigenvalue weighted by atomic mass is 35.5. The lowest BCUT2D eigenvalue weighted by molar-refractivity contribution is 0.439. The van der Waals surface area contributed by atoms with Crippen molar-refractivity contribution < 1.29 is 17.6 Å². The Bertz CT molecular complexity index is 640. The van der Waals surface area contributed by atoms with Crippen LogP contribution in [-0.4, -0.2) is 0 Å². The van der Waals surface area contributed by atoms with Crippen LogP contribution in [0.15, 0.2) is 30.3 Å². The predicted molar refractivity (Wildman–Crippen MR) is 71.5 cm³/mol. The van der Waals surface area contributed by atoms with Gasteiger partial charge in [0.15, 0.2) is 17.5 Å². The van der Waals surface area contributed by atoms with Gasteiger partial charge in [-0.05, 0) is 41.8 Å². The Morgan fingerprint density at radius 1 is 1.00 bits per heavy atom.